The second-order valence-electron chi connectivity index (χ2n) is 4.29. The van der Waals surface area contributed by atoms with Gasteiger partial charge in [-0.2, -0.15) is 0 Å². The maximum absolute atomic E-state index is 11.7. The van der Waals surface area contributed by atoms with Crippen LogP contribution in [0.2, 0.25) is 0 Å². The quantitative estimate of drug-likeness (QED) is 0.811. The summed E-state index contributed by atoms with van der Waals surface area (Å²) in [5.74, 6) is 1.74. The highest BCUT2D eigenvalue weighted by atomic mass is 16.2. The van der Waals surface area contributed by atoms with Gasteiger partial charge in [0.05, 0.1) is 0 Å². The largest absolute Gasteiger partial charge is 0.373 e. The van der Waals surface area contributed by atoms with Crippen LogP contribution in [0.4, 0.5) is 11.6 Å². The molecule has 1 aliphatic rings. The Hall–Kier alpha value is -1.85. The molecule has 2 heterocycles. The zero-order valence-electron chi connectivity index (χ0n) is 11.0. The highest BCUT2D eigenvalue weighted by Crippen LogP contribution is 2.25. The maximum Gasteiger partial charge on any atom is 0.242 e. The average Bonchev–Trinajstić information content (AvgIpc) is 2.41. The van der Waals surface area contributed by atoms with Gasteiger partial charge in [-0.05, 0) is 13.3 Å². The topological polar surface area (TPSA) is 70.2 Å². The van der Waals surface area contributed by atoms with Crippen molar-refractivity contribution < 1.29 is 4.79 Å². The Bertz CT molecular complexity index is 448. The molecule has 0 spiro atoms. The van der Waals surface area contributed by atoms with Crippen molar-refractivity contribution in [1.29, 1.82) is 0 Å². The van der Waals surface area contributed by atoms with Crippen molar-refractivity contribution in [3.05, 3.63) is 11.9 Å². The summed E-state index contributed by atoms with van der Waals surface area (Å²) in [7, 11) is 1.84. The fourth-order valence-corrected chi connectivity index (χ4v) is 2.26. The second-order valence-corrected chi connectivity index (χ2v) is 4.29. The Balaban J connectivity index is 2.40. The number of hydrogen-bond donors (Lipinski definition) is 2. The van der Waals surface area contributed by atoms with Gasteiger partial charge >= 0.3 is 0 Å². The normalized spacial score (nSPS) is 19.6. The van der Waals surface area contributed by atoms with Crippen LogP contribution in [0.5, 0.6) is 0 Å². The fourth-order valence-electron chi connectivity index (χ4n) is 2.26. The van der Waals surface area contributed by atoms with Crippen molar-refractivity contribution in [3.8, 4) is 0 Å². The van der Waals surface area contributed by atoms with Crippen molar-refractivity contribution in [1.82, 2.24) is 15.3 Å². The summed E-state index contributed by atoms with van der Waals surface area (Å²) in [6.45, 7) is 5.40. The van der Waals surface area contributed by atoms with Crippen LogP contribution >= 0.6 is 0 Å². The molecule has 1 fully saturated rings. The van der Waals surface area contributed by atoms with Crippen molar-refractivity contribution in [2.24, 2.45) is 0 Å². The predicted octanol–water partition coefficient (Wildman–Crippen LogP) is 0.405. The van der Waals surface area contributed by atoms with Crippen LogP contribution in [0.1, 0.15) is 19.4 Å². The van der Waals surface area contributed by atoms with Gasteiger partial charge in [-0.15, -0.1) is 0 Å². The molecular formula is C12H19N5O. The first-order valence-electron chi connectivity index (χ1n) is 6.25. The molecule has 1 aromatic heterocycles. The molecular weight excluding hydrogens is 230 g/mol. The molecule has 0 aromatic carbocycles. The van der Waals surface area contributed by atoms with Gasteiger partial charge in [-0.25, -0.2) is 9.97 Å². The van der Waals surface area contributed by atoms with E-state index in [-0.39, 0.29) is 11.9 Å². The Labute approximate surface area is 107 Å². The molecule has 0 bridgehead atoms. The summed E-state index contributed by atoms with van der Waals surface area (Å²) in [6, 6.07) is -0.191. The number of amides is 1. The van der Waals surface area contributed by atoms with Crippen LogP contribution < -0.4 is 15.5 Å². The number of carbonyl (C=O) groups excluding carboxylic acids is 1. The van der Waals surface area contributed by atoms with Crippen LogP contribution in [0.3, 0.4) is 0 Å². The molecule has 1 saturated heterocycles. The molecule has 2 rings (SSSR count). The van der Waals surface area contributed by atoms with Gasteiger partial charge in [-0.1, -0.05) is 6.92 Å². The molecule has 0 aliphatic carbocycles. The summed E-state index contributed by atoms with van der Waals surface area (Å²) >= 11 is 0. The first kappa shape index (κ1) is 12.6. The van der Waals surface area contributed by atoms with E-state index in [1.165, 1.54) is 0 Å². The minimum absolute atomic E-state index is 0.0490. The summed E-state index contributed by atoms with van der Waals surface area (Å²) in [4.78, 5) is 22.3. The lowest BCUT2D eigenvalue weighted by atomic mass is 10.1. The zero-order valence-corrected chi connectivity index (χ0v) is 11.0. The SMILES string of the molecule is CCc1c(NC)ncnc1N1CCNC(=O)C1C. The molecule has 1 aliphatic heterocycles. The Morgan fingerprint density at radius 3 is 3.00 bits per heavy atom. The minimum Gasteiger partial charge on any atom is -0.373 e. The van der Waals surface area contributed by atoms with Gasteiger partial charge in [0.25, 0.3) is 0 Å². The fraction of sp³-hybridized carbons (Fsp3) is 0.583. The highest BCUT2D eigenvalue weighted by Gasteiger charge is 2.28. The molecule has 1 aromatic rings. The van der Waals surface area contributed by atoms with Crippen LogP contribution in [0.25, 0.3) is 0 Å². The van der Waals surface area contributed by atoms with E-state index in [1.807, 2.05) is 18.9 Å². The van der Waals surface area contributed by atoms with E-state index in [2.05, 4.69) is 27.5 Å². The summed E-state index contributed by atoms with van der Waals surface area (Å²) in [6.07, 6.45) is 2.37. The van der Waals surface area contributed by atoms with Crippen molar-refractivity contribution in [2.45, 2.75) is 26.3 Å². The summed E-state index contributed by atoms with van der Waals surface area (Å²) in [5, 5.41) is 5.93. The molecule has 2 N–H and O–H groups in total. The van der Waals surface area contributed by atoms with E-state index in [1.54, 1.807) is 6.33 Å². The number of anilines is 2. The van der Waals surface area contributed by atoms with E-state index >= 15 is 0 Å². The predicted molar refractivity (Wildman–Crippen MR) is 70.8 cm³/mol. The average molecular weight is 249 g/mol. The molecule has 18 heavy (non-hydrogen) atoms. The standard InChI is InChI=1S/C12H19N5O/c1-4-9-10(13-3)15-7-16-11(9)17-6-5-14-12(18)8(17)2/h7-8H,4-6H2,1-3H3,(H,14,18)(H,13,15,16). The number of piperazine rings is 1. The number of nitrogens with one attached hydrogen (secondary N) is 2. The van der Waals surface area contributed by atoms with Crippen LogP contribution in [0.15, 0.2) is 6.33 Å². The molecule has 1 atom stereocenters. The molecule has 0 saturated carbocycles. The van der Waals surface area contributed by atoms with E-state index in [4.69, 9.17) is 0 Å². The van der Waals surface area contributed by atoms with E-state index in [0.29, 0.717) is 6.54 Å². The maximum atomic E-state index is 11.7. The molecule has 6 heteroatoms. The lowest BCUT2D eigenvalue weighted by molar-refractivity contribution is -0.122. The Kier molecular flexibility index (Phi) is 3.64. The van der Waals surface area contributed by atoms with Crippen molar-refractivity contribution >= 4 is 17.5 Å². The van der Waals surface area contributed by atoms with E-state index < -0.39 is 0 Å². The second kappa shape index (κ2) is 5.20. The van der Waals surface area contributed by atoms with Crippen molar-refractivity contribution in [2.75, 3.05) is 30.4 Å². The Morgan fingerprint density at radius 2 is 2.33 bits per heavy atom. The third-order valence-electron chi connectivity index (χ3n) is 3.28. The monoisotopic (exact) mass is 249 g/mol. The zero-order chi connectivity index (χ0) is 13.1. The first-order chi connectivity index (χ1) is 8.69. The van der Waals surface area contributed by atoms with E-state index in [9.17, 15) is 4.79 Å². The number of aromatic nitrogens is 2. The summed E-state index contributed by atoms with van der Waals surface area (Å²) < 4.78 is 0. The van der Waals surface area contributed by atoms with Gasteiger partial charge in [-0.3, -0.25) is 4.79 Å². The van der Waals surface area contributed by atoms with Crippen LogP contribution in [-0.2, 0) is 11.2 Å². The third-order valence-corrected chi connectivity index (χ3v) is 3.28. The molecule has 0 radical (unpaired) electrons. The number of hydrogen-bond acceptors (Lipinski definition) is 5. The third kappa shape index (κ3) is 2.10. The minimum atomic E-state index is -0.191. The smallest absolute Gasteiger partial charge is 0.242 e. The van der Waals surface area contributed by atoms with Crippen LogP contribution in [0, 0.1) is 0 Å². The summed E-state index contributed by atoms with van der Waals surface area (Å²) in [5.41, 5.74) is 1.06. The van der Waals surface area contributed by atoms with Gasteiger partial charge < -0.3 is 15.5 Å². The van der Waals surface area contributed by atoms with Gasteiger partial charge in [0.15, 0.2) is 0 Å². The van der Waals surface area contributed by atoms with Crippen LogP contribution in [-0.4, -0.2) is 42.1 Å². The number of rotatable bonds is 3. The Morgan fingerprint density at radius 1 is 1.56 bits per heavy atom. The molecule has 1 unspecified atom stereocenters. The lowest BCUT2D eigenvalue weighted by Crippen LogP contribution is -2.54. The van der Waals surface area contributed by atoms with Crippen molar-refractivity contribution in [3.63, 3.8) is 0 Å². The van der Waals surface area contributed by atoms with Gasteiger partial charge in [0, 0.05) is 25.7 Å². The number of carbonyl (C=O) groups is 1. The highest BCUT2D eigenvalue weighted by molar-refractivity contribution is 5.86. The first-order valence-corrected chi connectivity index (χ1v) is 6.25. The molecule has 98 valence electrons. The molecule has 1 amide bonds. The van der Waals surface area contributed by atoms with Gasteiger partial charge in [0.1, 0.15) is 24.0 Å². The number of nitrogens with zero attached hydrogens (tertiary/aromatic N) is 3. The van der Waals surface area contributed by atoms with E-state index in [0.717, 1.165) is 30.2 Å². The molecule has 6 nitrogen and oxygen atoms in total. The lowest BCUT2D eigenvalue weighted by Gasteiger charge is -2.35. The van der Waals surface area contributed by atoms with Gasteiger partial charge in [0.2, 0.25) is 5.91 Å².